The van der Waals surface area contributed by atoms with E-state index >= 15 is 0 Å². The summed E-state index contributed by atoms with van der Waals surface area (Å²) in [5, 5.41) is 1.04. The highest BCUT2D eigenvalue weighted by atomic mass is 19.4. The lowest BCUT2D eigenvalue weighted by atomic mass is 9.94. The number of alkyl halides is 12. The second-order valence-electron chi connectivity index (χ2n) is 5.73. The predicted octanol–water partition coefficient (Wildman–Crippen LogP) is 5.63. The van der Waals surface area contributed by atoms with E-state index in [1.807, 2.05) is 0 Å². The minimum absolute atomic E-state index is 0.419. The van der Waals surface area contributed by atoms with Gasteiger partial charge in [0.15, 0.2) is 0 Å². The number of benzene rings is 1. The topological polar surface area (TPSA) is 29.1 Å². The zero-order valence-corrected chi connectivity index (χ0v) is 14.0. The molecule has 0 fully saturated rings. The minimum atomic E-state index is -7.74. The van der Waals surface area contributed by atoms with E-state index in [9.17, 15) is 57.5 Å². The Kier molecular flexibility index (Phi) is 6.52. The molecule has 14 heteroatoms. The van der Waals surface area contributed by atoms with Crippen molar-refractivity contribution in [1.29, 1.82) is 0 Å². The number of carbonyl (C=O) groups is 1. The smallest absolute Gasteiger partial charge is 0.321 e. The Morgan fingerprint density at radius 3 is 1.66 bits per heavy atom. The molecular weight excluding hydrogens is 438 g/mol. The molecule has 166 valence electrons. The summed E-state index contributed by atoms with van der Waals surface area (Å²) in [5.74, 6) is -39.9. The molecule has 0 radical (unpaired) electrons. The maximum atomic E-state index is 13.6. The van der Waals surface area contributed by atoms with E-state index in [1.165, 1.54) is 12.1 Å². The van der Waals surface area contributed by atoms with Gasteiger partial charge in [0, 0.05) is 5.69 Å². The molecule has 0 heterocycles. The van der Waals surface area contributed by atoms with E-state index in [-0.39, 0.29) is 0 Å². The van der Waals surface area contributed by atoms with Gasteiger partial charge in [-0.3, -0.25) is 4.79 Å². The summed E-state index contributed by atoms with van der Waals surface area (Å²) in [6.45, 7) is 1.65. The molecule has 1 aromatic rings. The van der Waals surface area contributed by atoms with E-state index < -0.39 is 47.6 Å². The molecule has 1 aromatic carbocycles. The Labute approximate surface area is 154 Å². The zero-order chi connectivity index (χ0) is 23.1. The van der Waals surface area contributed by atoms with Crippen molar-refractivity contribution in [2.45, 2.75) is 49.4 Å². The molecule has 1 rings (SSSR count). The largest absolute Gasteiger partial charge is 0.393 e. The summed E-state index contributed by atoms with van der Waals surface area (Å²) in [7, 11) is 0. The summed E-state index contributed by atoms with van der Waals surface area (Å²) in [6, 6.07) is 4.17. The number of hydrogen-bond acceptors (Lipinski definition) is 1. The predicted molar refractivity (Wildman–Crippen MR) is 75.2 cm³/mol. The number of hydrogen-bond donors (Lipinski definition) is 1. The number of carbonyl (C=O) groups excluding carboxylic acids is 1. The lowest BCUT2D eigenvalue weighted by Crippen LogP contribution is -2.70. The van der Waals surface area contributed by atoms with Crippen LogP contribution >= 0.6 is 0 Å². The monoisotopic (exact) mass is 449 g/mol. The van der Waals surface area contributed by atoms with Crippen LogP contribution in [0.4, 0.5) is 58.4 Å². The number of amides is 1. The quantitative estimate of drug-likeness (QED) is 0.513. The van der Waals surface area contributed by atoms with Crippen molar-refractivity contribution in [3.63, 3.8) is 0 Å². The first-order valence-electron chi connectivity index (χ1n) is 7.45. The zero-order valence-electron chi connectivity index (χ0n) is 14.0. The van der Waals surface area contributed by atoms with Gasteiger partial charge in [-0.2, -0.15) is 43.9 Å². The van der Waals surface area contributed by atoms with Crippen molar-refractivity contribution >= 4 is 11.6 Å². The summed E-state index contributed by atoms with van der Waals surface area (Å²) in [6.07, 6.45) is -5.18. The number of halogens is 12. The van der Waals surface area contributed by atoms with E-state index in [2.05, 4.69) is 0 Å². The van der Waals surface area contributed by atoms with Crippen LogP contribution in [0, 0.1) is 0 Å². The molecule has 0 spiro atoms. The van der Waals surface area contributed by atoms with Crippen LogP contribution in [-0.2, 0) is 11.2 Å². The molecule has 0 aliphatic rings. The van der Waals surface area contributed by atoms with Gasteiger partial charge in [0.05, 0.1) is 0 Å². The molecule has 0 saturated heterocycles. The summed E-state index contributed by atoms with van der Waals surface area (Å²) >= 11 is 0. The molecular formula is C15H11F12NO. The summed E-state index contributed by atoms with van der Waals surface area (Å²) in [5.41, 5.74) is -0.0730. The van der Waals surface area contributed by atoms with Crippen LogP contribution in [-0.4, -0.2) is 41.9 Å². The summed E-state index contributed by atoms with van der Waals surface area (Å²) in [4.78, 5) is 11.3. The first-order chi connectivity index (χ1) is 12.9. The Morgan fingerprint density at radius 1 is 0.828 bits per heavy atom. The molecule has 1 N–H and O–H groups in total. The third-order valence-electron chi connectivity index (χ3n) is 3.78. The van der Waals surface area contributed by atoms with Crippen molar-refractivity contribution in [3.8, 4) is 0 Å². The van der Waals surface area contributed by atoms with E-state index in [4.69, 9.17) is 0 Å². The highest BCUT2D eigenvalue weighted by molar-refractivity contribution is 5.97. The minimum Gasteiger partial charge on any atom is -0.321 e. The Hall–Kier alpha value is -2.15. The average molecular weight is 449 g/mol. The van der Waals surface area contributed by atoms with Crippen molar-refractivity contribution in [1.82, 2.24) is 0 Å². The Bertz CT molecular complexity index is 729. The van der Waals surface area contributed by atoms with Crippen LogP contribution < -0.4 is 5.32 Å². The van der Waals surface area contributed by atoms with E-state index in [0.717, 1.165) is 17.4 Å². The van der Waals surface area contributed by atoms with Gasteiger partial charge in [-0.1, -0.05) is 19.1 Å². The maximum Gasteiger partial charge on any atom is 0.393 e. The highest BCUT2D eigenvalue weighted by Crippen LogP contribution is 2.58. The molecule has 1 amide bonds. The fourth-order valence-corrected chi connectivity index (χ4v) is 1.92. The molecule has 0 saturated carbocycles. The standard InChI is InChI=1S/C15H11F12NO/c1-2-7-3-5-8(6-4-7)28-10(29)12(20,21)14(24,25)15(26,27)13(22,23)11(18,19)9(16)17/h3-6,9H,2H2,1H3,(H,28,29). The number of nitrogens with one attached hydrogen (secondary N) is 1. The van der Waals surface area contributed by atoms with Gasteiger partial charge in [-0.15, -0.1) is 0 Å². The van der Waals surface area contributed by atoms with Gasteiger partial charge in [-0.05, 0) is 24.1 Å². The van der Waals surface area contributed by atoms with E-state index in [1.54, 1.807) is 6.92 Å². The first-order valence-corrected chi connectivity index (χ1v) is 7.45. The van der Waals surface area contributed by atoms with Gasteiger partial charge < -0.3 is 5.32 Å². The molecule has 0 aromatic heterocycles. The van der Waals surface area contributed by atoms with Crippen molar-refractivity contribution in [2.75, 3.05) is 5.32 Å². The molecule has 29 heavy (non-hydrogen) atoms. The van der Waals surface area contributed by atoms with Crippen LogP contribution in [0.3, 0.4) is 0 Å². The fourth-order valence-electron chi connectivity index (χ4n) is 1.92. The van der Waals surface area contributed by atoms with Crippen LogP contribution in [0.5, 0.6) is 0 Å². The third-order valence-corrected chi connectivity index (χ3v) is 3.78. The molecule has 0 atom stereocenters. The Morgan fingerprint density at radius 2 is 1.28 bits per heavy atom. The van der Waals surface area contributed by atoms with E-state index in [0.29, 0.717) is 12.0 Å². The van der Waals surface area contributed by atoms with Crippen LogP contribution in [0.1, 0.15) is 12.5 Å². The SMILES string of the molecule is CCc1ccc(NC(=O)C(F)(F)C(F)(F)C(F)(F)C(F)(F)C(F)(F)C(F)F)cc1. The Balaban J connectivity index is 3.29. The van der Waals surface area contributed by atoms with Crippen molar-refractivity contribution < 1.29 is 57.5 Å². The molecule has 0 unspecified atom stereocenters. The second-order valence-corrected chi connectivity index (χ2v) is 5.73. The highest BCUT2D eigenvalue weighted by Gasteiger charge is 2.89. The second kappa shape index (κ2) is 7.59. The number of aryl methyl sites for hydroxylation is 1. The molecule has 0 aliphatic carbocycles. The van der Waals surface area contributed by atoms with Crippen LogP contribution in [0.25, 0.3) is 0 Å². The molecule has 0 aliphatic heterocycles. The van der Waals surface area contributed by atoms with Gasteiger partial charge in [-0.25, -0.2) is 8.78 Å². The van der Waals surface area contributed by atoms with Gasteiger partial charge in [0.2, 0.25) is 0 Å². The third kappa shape index (κ3) is 3.84. The van der Waals surface area contributed by atoms with Gasteiger partial charge in [0.25, 0.3) is 0 Å². The molecule has 2 nitrogen and oxygen atoms in total. The van der Waals surface area contributed by atoms with Crippen LogP contribution in [0.15, 0.2) is 24.3 Å². The lowest BCUT2D eigenvalue weighted by molar-refractivity contribution is -0.406. The first kappa shape index (κ1) is 24.9. The van der Waals surface area contributed by atoms with Crippen LogP contribution in [0.2, 0.25) is 0 Å². The average Bonchev–Trinajstić information content (AvgIpc) is 2.61. The fraction of sp³-hybridized carbons (Fsp3) is 0.533. The van der Waals surface area contributed by atoms with Gasteiger partial charge >= 0.3 is 41.9 Å². The van der Waals surface area contributed by atoms with Crippen molar-refractivity contribution in [2.24, 2.45) is 0 Å². The normalized spacial score (nSPS) is 14.3. The maximum absolute atomic E-state index is 13.6. The number of anilines is 1. The lowest BCUT2D eigenvalue weighted by Gasteiger charge is -2.38. The number of rotatable bonds is 8. The summed E-state index contributed by atoms with van der Waals surface area (Å²) < 4.78 is 157. The van der Waals surface area contributed by atoms with Gasteiger partial charge in [0.1, 0.15) is 0 Å². The molecule has 0 bridgehead atoms. The van der Waals surface area contributed by atoms with Crippen molar-refractivity contribution in [3.05, 3.63) is 29.8 Å².